The minimum Gasteiger partial charge on any atom is -0.469 e. The number of likely N-dealkylation sites (tertiary alicyclic amines) is 1. The predicted octanol–water partition coefficient (Wildman–Crippen LogP) is 3.24. The molecule has 0 aromatic carbocycles. The van der Waals surface area contributed by atoms with Crippen LogP contribution in [0.25, 0.3) is 0 Å². The SMILES string of the molecule is C=N/C=C\C=C(/C)[C@@H]1CCCN1CCCC(=O)N[C@H]1CC[C@H](C(=O)OC)CC1. The highest BCUT2D eigenvalue weighted by atomic mass is 16.5. The molecule has 28 heavy (non-hydrogen) atoms. The van der Waals surface area contributed by atoms with E-state index in [1.165, 1.54) is 25.5 Å². The van der Waals surface area contributed by atoms with Crippen molar-refractivity contribution in [1.29, 1.82) is 0 Å². The van der Waals surface area contributed by atoms with Crippen LogP contribution in [0.4, 0.5) is 0 Å². The van der Waals surface area contributed by atoms with Crippen LogP contribution in [0.2, 0.25) is 0 Å². The summed E-state index contributed by atoms with van der Waals surface area (Å²) in [6, 6.07) is 0.662. The van der Waals surface area contributed by atoms with E-state index >= 15 is 0 Å². The van der Waals surface area contributed by atoms with Gasteiger partial charge in [0.1, 0.15) is 0 Å². The van der Waals surface area contributed by atoms with Gasteiger partial charge in [-0.3, -0.25) is 19.5 Å². The van der Waals surface area contributed by atoms with Gasteiger partial charge >= 0.3 is 5.97 Å². The van der Waals surface area contributed by atoms with Gasteiger partial charge in [-0.1, -0.05) is 11.6 Å². The molecule has 0 bridgehead atoms. The molecule has 0 aromatic rings. The molecule has 1 atom stereocenters. The van der Waals surface area contributed by atoms with Crippen molar-refractivity contribution in [3.8, 4) is 0 Å². The van der Waals surface area contributed by atoms with Crippen LogP contribution in [0.1, 0.15) is 58.3 Å². The number of nitrogens with zero attached hydrogens (tertiary/aromatic N) is 2. The van der Waals surface area contributed by atoms with E-state index in [9.17, 15) is 9.59 Å². The molecule has 2 rings (SSSR count). The van der Waals surface area contributed by atoms with E-state index in [0.717, 1.165) is 45.2 Å². The van der Waals surface area contributed by atoms with Crippen molar-refractivity contribution < 1.29 is 14.3 Å². The van der Waals surface area contributed by atoms with Gasteiger partial charge in [0.25, 0.3) is 0 Å². The number of ether oxygens (including phenoxy) is 1. The van der Waals surface area contributed by atoms with Crippen molar-refractivity contribution >= 4 is 18.6 Å². The van der Waals surface area contributed by atoms with E-state index in [2.05, 4.69) is 34.9 Å². The van der Waals surface area contributed by atoms with Crippen molar-refractivity contribution in [3.63, 3.8) is 0 Å². The van der Waals surface area contributed by atoms with E-state index in [0.29, 0.717) is 12.5 Å². The summed E-state index contributed by atoms with van der Waals surface area (Å²) < 4.78 is 4.81. The van der Waals surface area contributed by atoms with E-state index in [4.69, 9.17) is 4.74 Å². The fourth-order valence-electron chi connectivity index (χ4n) is 4.36. The highest BCUT2D eigenvalue weighted by Crippen LogP contribution is 2.26. The third-order valence-electron chi connectivity index (χ3n) is 5.92. The zero-order valence-electron chi connectivity index (χ0n) is 17.4. The molecule has 1 heterocycles. The molecule has 0 spiro atoms. The molecule has 1 amide bonds. The van der Waals surface area contributed by atoms with Crippen molar-refractivity contribution in [2.75, 3.05) is 20.2 Å². The monoisotopic (exact) mass is 389 g/mol. The van der Waals surface area contributed by atoms with E-state index in [1.54, 1.807) is 6.20 Å². The Hall–Kier alpha value is -1.95. The Morgan fingerprint density at radius 2 is 2.00 bits per heavy atom. The number of rotatable bonds is 9. The number of esters is 1. The number of nitrogens with one attached hydrogen (secondary N) is 1. The van der Waals surface area contributed by atoms with E-state index < -0.39 is 0 Å². The van der Waals surface area contributed by atoms with Crippen LogP contribution in [0.3, 0.4) is 0 Å². The lowest BCUT2D eigenvalue weighted by Crippen LogP contribution is -2.39. The molecule has 1 aliphatic heterocycles. The maximum absolute atomic E-state index is 12.3. The van der Waals surface area contributed by atoms with Crippen LogP contribution in [0.5, 0.6) is 0 Å². The Morgan fingerprint density at radius 1 is 1.25 bits per heavy atom. The summed E-state index contributed by atoms with van der Waals surface area (Å²) in [6.07, 6.45) is 12.9. The van der Waals surface area contributed by atoms with Gasteiger partial charge in [-0.2, -0.15) is 0 Å². The van der Waals surface area contributed by atoms with E-state index in [1.807, 2.05) is 6.08 Å². The molecular formula is C22H35N3O3. The van der Waals surface area contributed by atoms with Crippen molar-refractivity contribution in [1.82, 2.24) is 10.2 Å². The lowest BCUT2D eigenvalue weighted by molar-refractivity contribution is -0.146. The first-order chi connectivity index (χ1) is 13.5. The van der Waals surface area contributed by atoms with Gasteiger partial charge in [0.15, 0.2) is 0 Å². The number of carbonyl (C=O) groups excluding carboxylic acids is 2. The van der Waals surface area contributed by atoms with Crippen LogP contribution in [-0.2, 0) is 14.3 Å². The second kappa shape index (κ2) is 11.8. The predicted molar refractivity (Wildman–Crippen MR) is 112 cm³/mol. The third-order valence-corrected chi connectivity index (χ3v) is 5.92. The number of carbonyl (C=O) groups is 2. The zero-order chi connectivity index (χ0) is 20.4. The lowest BCUT2D eigenvalue weighted by Gasteiger charge is -2.28. The largest absolute Gasteiger partial charge is 0.469 e. The average molecular weight is 390 g/mol. The van der Waals surface area contributed by atoms with Gasteiger partial charge in [0.05, 0.1) is 13.0 Å². The summed E-state index contributed by atoms with van der Waals surface area (Å²) in [5.41, 5.74) is 1.34. The normalized spacial score (nSPS) is 26.4. The number of allylic oxidation sites excluding steroid dienone is 2. The minimum atomic E-state index is -0.120. The summed E-state index contributed by atoms with van der Waals surface area (Å²) in [7, 11) is 1.44. The van der Waals surface area contributed by atoms with Crippen LogP contribution >= 0.6 is 0 Å². The molecule has 6 heteroatoms. The van der Waals surface area contributed by atoms with Gasteiger partial charge in [0.2, 0.25) is 5.91 Å². The van der Waals surface area contributed by atoms with Gasteiger partial charge in [-0.05, 0) is 77.8 Å². The maximum Gasteiger partial charge on any atom is 0.308 e. The first-order valence-electron chi connectivity index (χ1n) is 10.5. The highest BCUT2D eigenvalue weighted by molar-refractivity contribution is 5.76. The average Bonchev–Trinajstić information content (AvgIpc) is 3.16. The third kappa shape index (κ3) is 6.89. The van der Waals surface area contributed by atoms with Crippen LogP contribution < -0.4 is 5.32 Å². The Morgan fingerprint density at radius 3 is 2.68 bits per heavy atom. The molecule has 1 saturated carbocycles. The van der Waals surface area contributed by atoms with Crippen LogP contribution in [0.15, 0.2) is 28.9 Å². The summed E-state index contributed by atoms with van der Waals surface area (Å²) in [4.78, 5) is 30.1. The summed E-state index contributed by atoms with van der Waals surface area (Å²) >= 11 is 0. The topological polar surface area (TPSA) is 71.0 Å². The van der Waals surface area contributed by atoms with Gasteiger partial charge in [0, 0.05) is 24.7 Å². The Labute approximate surface area is 169 Å². The number of hydrogen-bond donors (Lipinski definition) is 1. The molecule has 0 radical (unpaired) electrons. The zero-order valence-corrected chi connectivity index (χ0v) is 17.4. The maximum atomic E-state index is 12.3. The molecule has 2 aliphatic rings. The summed E-state index contributed by atoms with van der Waals surface area (Å²) in [5.74, 6) is 0.00806. The Balaban J connectivity index is 1.68. The van der Waals surface area contributed by atoms with Crippen molar-refractivity contribution in [2.24, 2.45) is 10.9 Å². The van der Waals surface area contributed by atoms with Gasteiger partial charge < -0.3 is 10.1 Å². The summed E-state index contributed by atoms with van der Waals surface area (Å²) in [5, 5.41) is 3.14. The smallest absolute Gasteiger partial charge is 0.308 e. The molecule has 2 fully saturated rings. The quantitative estimate of drug-likeness (QED) is 0.373. The molecule has 6 nitrogen and oxygen atoms in total. The molecule has 0 aromatic heterocycles. The second-order valence-corrected chi connectivity index (χ2v) is 7.87. The minimum absolute atomic E-state index is 0.00125. The molecule has 1 saturated heterocycles. The first kappa shape index (κ1) is 22.3. The molecule has 0 unspecified atom stereocenters. The molecule has 156 valence electrons. The Bertz CT molecular complexity index is 592. The molecular weight excluding hydrogens is 354 g/mol. The van der Waals surface area contributed by atoms with Gasteiger partial charge in [-0.25, -0.2) is 0 Å². The molecule has 1 aliphatic carbocycles. The Kier molecular flexibility index (Phi) is 9.41. The lowest BCUT2D eigenvalue weighted by atomic mass is 9.86. The number of hydrogen-bond acceptors (Lipinski definition) is 5. The highest BCUT2D eigenvalue weighted by Gasteiger charge is 2.28. The number of amides is 1. The van der Waals surface area contributed by atoms with E-state index in [-0.39, 0.29) is 23.8 Å². The fourth-order valence-corrected chi connectivity index (χ4v) is 4.36. The standard InChI is InChI=1S/C22H35N3O3/c1-17(7-4-14-23-2)20-8-5-15-25(20)16-6-9-21(26)24-19-12-10-18(11-13-19)22(27)28-3/h4,7,14,18-20H,2,5-6,8-13,15-16H2,1,3H3,(H,24,26)/b14-4-,17-7+/t18-,19-,20-/m0/s1. The first-order valence-corrected chi connectivity index (χ1v) is 10.5. The van der Waals surface area contributed by atoms with Crippen LogP contribution in [0, 0.1) is 5.92 Å². The molecule has 1 N–H and O–H groups in total. The van der Waals surface area contributed by atoms with Crippen LogP contribution in [-0.4, -0.2) is 55.8 Å². The second-order valence-electron chi connectivity index (χ2n) is 7.87. The number of methoxy groups -OCH3 is 1. The fraction of sp³-hybridized carbons (Fsp3) is 0.682. The van der Waals surface area contributed by atoms with Crippen molar-refractivity contribution in [2.45, 2.75) is 70.4 Å². The summed E-state index contributed by atoms with van der Waals surface area (Å²) in [6.45, 7) is 7.65. The number of aliphatic imine (C=N–C) groups is 1. The van der Waals surface area contributed by atoms with Crippen molar-refractivity contribution in [3.05, 3.63) is 23.9 Å². The van der Waals surface area contributed by atoms with Gasteiger partial charge in [-0.15, -0.1) is 0 Å².